The first kappa shape index (κ1) is 13.4. The van der Waals surface area contributed by atoms with Crippen LogP contribution in [0.5, 0.6) is 0 Å². The maximum absolute atomic E-state index is 12.6. The summed E-state index contributed by atoms with van der Waals surface area (Å²) in [5, 5.41) is 2.98. The molecule has 108 valence electrons. The van der Waals surface area contributed by atoms with Crippen LogP contribution in [0.25, 0.3) is 0 Å². The van der Waals surface area contributed by atoms with Gasteiger partial charge in [-0.05, 0) is 31.5 Å². The van der Waals surface area contributed by atoms with E-state index in [1.54, 1.807) is 6.07 Å². The van der Waals surface area contributed by atoms with Crippen LogP contribution in [0.2, 0.25) is 0 Å². The molecule has 1 atom stereocenters. The number of hydrogen-bond acceptors (Lipinski definition) is 4. The van der Waals surface area contributed by atoms with Gasteiger partial charge in [-0.25, -0.2) is 4.98 Å². The Bertz CT molecular complexity index is 491. The normalized spacial score (nSPS) is 23.2. The van der Waals surface area contributed by atoms with Gasteiger partial charge in [0.2, 0.25) is 0 Å². The smallest absolute Gasteiger partial charge is 0.272 e. The van der Waals surface area contributed by atoms with Gasteiger partial charge in [0.1, 0.15) is 11.5 Å². The highest BCUT2D eigenvalue weighted by Gasteiger charge is 2.31. The number of carbonyl (C=O) groups is 1. The van der Waals surface area contributed by atoms with E-state index in [1.807, 2.05) is 24.1 Å². The molecule has 2 fully saturated rings. The number of nitrogens with one attached hydrogen (secondary N) is 1. The minimum atomic E-state index is 0.0623. The third-order valence-electron chi connectivity index (χ3n) is 4.35. The summed E-state index contributed by atoms with van der Waals surface area (Å²) in [7, 11) is 1.82. The maximum Gasteiger partial charge on any atom is 0.272 e. The number of anilines is 1. The van der Waals surface area contributed by atoms with E-state index < -0.39 is 0 Å². The summed E-state index contributed by atoms with van der Waals surface area (Å²) in [4.78, 5) is 21.4. The number of fused-ring (bicyclic) bond motifs is 1. The van der Waals surface area contributed by atoms with E-state index in [-0.39, 0.29) is 5.91 Å². The quantitative estimate of drug-likeness (QED) is 0.886. The topological polar surface area (TPSA) is 48.5 Å². The maximum atomic E-state index is 12.6. The van der Waals surface area contributed by atoms with Crippen LogP contribution in [0.3, 0.4) is 0 Å². The number of aromatic nitrogens is 1. The second kappa shape index (κ2) is 5.79. The van der Waals surface area contributed by atoms with Crippen LogP contribution in [-0.4, -0.2) is 60.0 Å². The molecule has 2 aliphatic rings. The monoisotopic (exact) mass is 274 g/mol. The largest absolute Gasteiger partial charge is 0.373 e. The third kappa shape index (κ3) is 2.63. The number of piperidine rings is 1. The molecule has 0 radical (unpaired) electrons. The summed E-state index contributed by atoms with van der Waals surface area (Å²) >= 11 is 0. The van der Waals surface area contributed by atoms with E-state index in [2.05, 4.69) is 15.2 Å². The Kier molecular flexibility index (Phi) is 3.87. The molecular weight excluding hydrogens is 252 g/mol. The van der Waals surface area contributed by atoms with Crippen molar-refractivity contribution in [3.05, 3.63) is 23.9 Å². The van der Waals surface area contributed by atoms with Crippen molar-refractivity contribution in [2.24, 2.45) is 0 Å². The number of piperazine rings is 1. The van der Waals surface area contributed by atoms with Crippen molar-refractivity contribution in [3.63, 3.8) is 0 Å². The second-order valence-electron chi connectivity index (χ2n) is 5.59. The zero-order valence-electron chi connectivity index (χ0n) is 12.0. The van der Waals surface area contributed by atoms with Crippen molar-refractivity contribution < 1.29 is 4.79 Å². The first-order valence-electron chi connectivity index (χ1n) is 7.46. The van der Waals surface area contributed by atoms with E-state index >= 15 is 0 Å². The van der Waals surface area contributed by atoms with Gasteiger partial charge in [0.15, 0.2) is 0 Å². The van der Waals surface area contributed by atoms with Crippen LogP contribution in [0.4, 0.5) is 5.82 Å². The predicted molar refractivity (Wildman–Crippen MR) is 78.9 cm³/mol. The van der Waals surface area contributed by atoms with Gasteiger partial charge < -0.3 is 10.2 Å². The molecule has 0 spiro atoms. The van der Waals surface area contributed by atoms with Crippen molar-refractivity contribution in [2.75, 3.05) is 38.5 Å². The molecule has 2 saturated heterocycles. The first-order valence-corrected chi connectivity index (χ1v) is 7.46. The van der Waals surface area contributed by atoms with Crippen LogP contribution in [0, 0.1) is 0 Å². The molecule has 1 aromatic heterocycles. The van der Waals surface area contributed by atoms with Gasteiger partial charge >= 0.3 is 0 Å². The minimum absolute atomic E-state index is 0.0623. The van der Waals surface area contributed by atoms with Crippen molar-refractivity contribution in [2.45, 2.75) is 25.3 Å². The average molecular weight is 274 g/mol. The summed E-state index contributed by atoms with van der Waals surface area (Å²) in [6.45, 7) is 3.87. The molecule has 5 nitrogen and oxygen atoms in total. The molecule has 1 N–H and O–H groups in total. The Labute approximate surface area is 120 Å². The zero-order valence-corrected chi connectivity index (χ0v) is 12.0. The van der Waals surface area contributed by atoms with Gasteiger partial charge in [0.25, 0.3) is 5.91 Å². The van der Waals surface area contributed by atoms with Crippen LogP contribution in [-0.2, 0) is 0 Å². The summed E-state index contributed by atoms with van der Waals surface area (Å²) in [5.41, 5.74) is 0.543. The second-order valence-corrected chi connectivity index (χ2v) is 5.59. The zero-order chi connectivity index (χ0) is 13.9. The molecule has 1 amide bonds. The molecule has 1 aromatic rings. The molecule has 0 saturated carbocycles. The number of amides is 1. The fourth-order valence-electron chi connectivity index (χ4n) is 3.20. The van der Waals surface area contributed by atoms with Gasteiger partial charge in [0.05, 0.1) is 0 Å². The number of rotatable bonds is 2. The molecule has 2 aliphatic heterocycles. The van der Waals surface area contributed by atoms with Gasteiger partial charge in [0, 0.05) is 32.7 Å². The molecular formula is C15H22N4O. The fraction of sp³-hybridized carbons (Fsp3) is 0.600. The Hall–Kier alpha value is -1.62. The molecule has 3 rings (SSSR count). The van der Waals surface area contributed by atoms with Crippen LogP contribution >= 0.6 is 0 Å². The van der Waals surface area contributed by atoms with E-state index in [1.165, 1.54) is 25.8 Å². The molecule has 0 aromatic carbocycles. The summed E-state index contributed by atoms with van der Waals surface area (Å²) in [6.07, 6.45) is 3.81. The third-order valence-corrected chi connectivity index (χ3v) is 4.35. The Morgan fingerprint density at radius 3 is 3.05 bits per heavy atom. The predicted octanol–water partition coefficient (Wildman–Crippen LogP) is 1.43. The van der Waals surface area contributed by atoms with E-state index in [0.717, 1.165) is 25.5 Å². The highest BCUT2D eigenvalue weighted by atomic mass is 16.2. The van der Waals surface area contributed by atoms with Gasteiger partial charge in [-0.2, -0.15) is 0 Å². The number of carbonyl (C=O) groups excluding carboxylic acids is 1. The Morgan fingerprint density at radius 1 is 1.30 bits per heavy atom. The van der Waals surface area contributed by atoms with Crippen LogP contribution in [0.15, 0.2) is 18.2 Å². The molecule has 1 unspecified atom stereocenters. The van der Waals surface area contributed by atoms with E-state index in [0.29, 0.717) is 11.7 Å². The van der Waals surface area contributed by atoms with Crippen molar-refractivity contribution in [1.29, 1.82) is 0 Å². The molecule has 0 bridgehead atoms. The molecule has 0 aliphatic carbocycles. The number of nitrogens with zero attached hydrogens (tertiary/aromatic N) is 3. The lowest BCUT2D eigenvalue weighted by Crippen LogP contribution is -2.56. The lowest BCUT2D eigenvalue weighted by atomic mass is 9.99. The van der Waals surface area contributed by atoms with E-state index in [9.17, 15) is 4.79 Å². The lowest BCUT2D eigenvalue weighted by Gasteiger charge is -2.43. The van der Waals surface area contributed by atoms with Crippen molar-refractivity contribution in [1.82, 2.24) is 14.8 Å². The fourth-order valence-corrected chi connectivity index (χ4v) is 3.20. The SMILES string of the molecule is CNc1cccc(C(=O)N2CCN3CCCCC3C2)n1. The lowest BCUT2D eigenvalue weighted by molar-refractivity contribution is 0.0368. The molecule has 5 heteroatoms. The Balaban J connectivity index is 1.70. The van der Waals surface area contributed by atoms with Gasteiger partial charge in [-0.15, -0.1) is 0 Å². The summed E-state index contributed by atoms with van der Waals surface area (Å²) in [6, 6.07) is 6.10. The van der Waals surface area contributed by atoms with Crippen LogP contribution in [0.1, 0.15) is 29.8 Å². The first-order chi connectivity index (χ1) is 9.78. The van der Waals surface area contributed by atoms with Crippen LogP contribution < -0.4 is 5.32 Å². The van der Waals surface area contributed by atoms with E-state index in [4.69, 9.17) is 0 Å². The minimum Gasteiger partial charge on any atom is -0.373 e. The van der Waals surface area contributed by atoms with Gasteiger partial charge in [-0.1, -0.05) is 12.5 Å². The summed E-state index contributed by atoms with van der Waals surface area (Å²) < 4.78 is 0. The molecule has 3 heterocycles. The Morgan fingerprint density at radius 2 is 2.20 bits per heavy atom. The average Bonchev–Trinajstić information content (AvgIpc) is 2.53. The van der Waals surface area contributed by atoms with Crippen molar-refractivity contribution in [3.8, 4) is 0 Å². The highest BCUT2D eigenvalue weighted by Crippen LogP contribution is 2.22. The summed E-state index contributed by atoms with van der Waals surface area (Å²) in [5.74, 6) is 0.805. The highest BCUT2D eigenvalue weighted by molar-refractivity contribution is 5.92. The van der Waals surface area contributed by atoms with Gasteiger partial charge in [-0.3, -0.25) is 9.69 Å². The number of hydrogen-bond donors (Lipinski definition) is 1. The molecule has 20 heavy (non-hydrogen) atoms. The number of pyridine rings is 1. The van der Waals surface area contributed by atoms with Crippen molar-refractivity contribution >= 4 is 11.7 Å². The standard InChI is InChI=1S/C15H22N4O/c1-16-14-7-4-6-13(17-14)15(20)19-10-9-18-8-3-2-5-12(18)11-19/h4,6-7,12H,2-3,5,8-11H2,1H3,(H,16,17).